The van der Waals surface area contributed by atoms with E-state index in [1.807, 2.05) is 0 Å². The van der Waals surface area contributed by atoms with Crippen LogP contribution >= 0.6 is 0 Å². The van der Waals surface area contributed by atoms with Gasteiger partial charge in [0.2, 0.25) is 5.78 Å². The van der Waals surface area contributed by atoms with Gasteiger partial charge in [-0.3, -0.25) is 9.59 Å². The molecular formula is C15H14O6. The largest absolute Gasteiger partial charge is 0.497 e. The zero-order chi connectivity index (χ0) is 15.6. The molecule has 0 N–H and O–H groups in total. The fourth-order valence-electron chi connectivity index (χ4n) is 2.09. The number of rotatable bonds is 5. The number of ether oxygens (including phenoxy) is 2. The van der Waals surface area contributed by atoms with Crippen LogP contribution in [0.2, 0.25) is 0 Å². The first-order valence-electron chi connectivity index (χ1n) is 6.19. The van der Waals surface area contributed by atoms with Crippen molar-refractivity contribution in [3.63, 3.8) is 0 Å². The van der Waals surface area contributed by atoms with Crippen LogP contribution in [0.15, 0.2) is 22.6 Å². The normalized spacial score (nSPS) is 10.4. The first kappa shape index (κ1) is 14.8. The third-order valence-corrected chi connectivity index (χ3v) is 3.08. The second-order valence-electron chi connectivity index (χ2n) is 4.41. The third-order valence-electron chi connectivity index (χ3n) is 3.08. The maximum Gasteiger partial charge on any atom is 0.374 e. The Kier molecular flexibility index (Phi) is 4.07. The van der Waals surface area contributed by atoms with Gasteiger partial charge in [0.1, 0.15) is 17.1 Å². The van der Waals surface area contributed by atoms with Crippen molar-refractivity contribution in [2.45, 2.75) is 13.3 Å². The minimum atomic E-state index is -1.04. The average molecular weight is 290 g/mol. The van der Waals surface area contributed by atoms with Crippen LogP contribution in [0.5, 0.6) is 5.75 Å². The average Bonchev–Trinajstić information content (AvgIpc) is 2.80. The summed E-state index contributed by atoms with van der Waals surface area (Å²) in [7, 11) is 2.60. The lowest BCUT2D eigenvalue weighted by molar-refractivity contribution is -0.151. The van der Waals surface area contributed by atoms with Crippen LogP contribution in [-0.2, 0) is 14.3 Å². The first-order chi connectivity index (χ1) is 9.97. The molecule has 2 rings (SSSR count). The molecule has 0 bridgehead atoms. The Morgan fingerprint density at radius 1 is 1.19 bits per heavy atom. The highest BCUT2D eigenvalue weighted by Gasteiger charge is 2.24. The van der Waals surface area contributed by atoms with Crippen molar-refractivity contribution in [2.24, 2.45) is 0 Å². The molecule has 0 saturated heterocycles. The van der Waals surface area contributed by atoms with Crippen LogP contribution in [0, 0.1) is 6.92 Å². The van der Waals surface area contributed by atoms with Crippen LogP contribution < -0.4 is 4.74 Å². The first-order valence-corrected chi connectivity index (χ1v) is 6.19. The minimum Gasteiger partial charge on any atom is -0.497 e. The monoisotopic (exact) mass is 290 g/mol. The number of Topliss-reactive ketones (excluding diaryl/α,β-unsaturated/α-hetero) is 2. The smallest absolute Gasteiger partial charge is 0.374 e. The summed E-state index contributed by atoms with van der Waals surface area (Å²) in [6, 6.07) is 5.04. The number of methoxy groups -OCH3 is 2. The van der Waals surface area contributed by atoms with Gasteiger partial charge >= 0.3 is 5.97 Å². The number of ketones is 2. The van der Waals surface area contributed by atoms with Gasteiger partial charge in [-0.25, -0.2) is 4.79 Å². The molecule has 0 saturated carbocycles. The predicted octanol–water partition coefficient (Wildman–Crippen LogP) is 2.06. The second kappa shape index (κ2) is 5.78. The van der Waals surface area contributed by atoms with E-state index < -0.39 is 24.0 Å². The number of hydrogen-bond donors (Lipinski definition) is 0. The van der Waals surface area contributed by atoms with Crippen LogP contribution in [0.3, 0.4) is 0 Å². The van der Waals surface area contributed by atoms with Crippen molar-refractivity contribution in [3.05, 3.63) is 29.5 Å². The van der Waals surface area contributed by atoms with Gasteiger partial charge in [-0.15, -0.1) is 0 Å². The summed E-state index contributed by atoms with van der Waals surface area (Å²) < 4.78 is 14.9. The molecule has 1 aromatic carbocycles. The summed E-state index contributed by atoms with van der Waals surface area (Å²) in [6.45, 7) is 1.63. The molecule has 1 heterocycles. The van der Waals surface area contributed by atoms with Crippen molar-refractivity contribution in [2.75, 3.05) is 14.2 Å². The van der Waals surface area contributed by atoms with Crippen molar-refractivity contribution >= 4 is 28.5 Å². The van der Waals surface area contributed by atoms with E-state index in [0.29, 0.717) is 22.5 Å². The summed E-state index contributed by atoms with van der Waals surface area (Å²) >= 11 is 0. The second-order valence-corrected chi connectivity index (χ2v) is 4.41. The van der Waals surface area contributed by atoms with E-state index in [1.165, 1.54) is 7.11 Å². The Morgan fingerprint density at radius 2 is 1.90 bits per heavy atom. The van der Waals surface area contributed by atoms with Gasteiger partial charge in [-0.2, -0.15) is 0 Å². The van der Waals surface area contributed by atoms with Crippen molar-refractivity contribution in [3.8, 4) is 5.75 Å². The molecule has 0 spiro atoms. The van der Waals surface area contributed by atoms with Crippen LogP contribution in [0.4, 0.5) is 0 Å². The van der Waals surface area contributed by atoms with Crippen molar-refractivity contribution < 1.29 is 28.3 Å². The van der Waals surface area contributed by atoms with Crippen molar-refractivity contribution in [1.29, 1.82) is 0 Å². The van der Waals surface area contributed by atoms with E-state index in [4.69, 9.17) is 9.15 Å². The van der Waals surface area contributed by atoms with E-state index in [2.05, 4.69) is 4.74 Å². The fraction of sp³-hybridized carbons (Fsp3) is 0.267. The van der Waals surface area contributed by atoms with E-state index >= 15 is 0 Å². The number of esters is 1. The Labute approximate surface area is 120 Å². The highest BCUT2D eigenvalue weighted by molar-refractivity contribution is 6.38. The van der Waals surface area contributed by atoms with Gasteiger partial charge in [0.05, 0.1) is 26.2 Å². The SMILES string of the molecule is COC(=O)C(=O)CC(=O)c1c(C)oc2ccc(OC)cc12. The molecular weight excluding hydrogens is 276 g/mol. The zero-order valence-corrected chi connectivity index (χ0v) is 11.9. The number of benzene rings is 1. The Morgan fingerprint density at radius 3 is 2.52 bits per heavy atom. The molecule has 0 aliphatic heterocycles. The topological polar surface area (TPSA) is 82.8 Å². The number of carbonyl (C=O) groups is 3. The Bertz CT molecular complexity index is 725. The zero-order valence-electron chi connectivity index (χ0n) is 11.9. The number of furan rings is 1. The van der Waals surface area contributed by atoms with Gasteiger partial charge in [0, 0.05) is 5.39 Å². The lowest BCUT2D eigenvalue weighted by atomic mass is 10.0. The van der Waals surface area contributed by atoms with Crippen LogP contribution in [0.25, 0.3) is 11.0 Å². The molecule has 6 nitrogen and oxygen atoms in total. The maximum atomic E-state index is 12.2. The maximum absolute atomic E-state index is 12.2. The summed E-state index contributed by atoms with van der Waals surface area (Å²) in [5, 5.41) is 0.550. The van der Waals surface area contributed by atoms with E-state index in [1.54, 1.807) is 25.1 Å². The lowest BCUT2D eigenvalue weighted by Gasteiger charge is -2.01. The van der Waals surface area contributed by atoms with Gasteiger partial charge < -0.3 is 13.9 Å². The van der Waals surface area contributed by atoms with E-state index in [9.17, 15) is 14.4 Å². The summed E-state index contributed by atoms with van der Waals surface area (Å²) in [4.78, 5) is 34.8. The van der Waals surface area contributed by atoms with Crippen molar-refractivity contribution in [1.82, 2.24) is 0 Å². The van der Waals surface area contributed by atoms with Gasteiger partial charge in [0.15, 0.2) is 5.78 Å². The number of carbonyl (C=O) groups excluding carboxylic acids is 3. The van der Waals surface area contributed by atoms with Gasteiger partial charge in [0.25, 0.3) is 0 Å². The molecule has 0 unspecified atom stereocenters. The number of fused-ring (bicyclic) bond motifs is 1. The fourth-order valence-corrected chi connectivity index (χ4v) is 2.09. The number of hydrogen-bond acceptors (Lipinski definition) is 6. The molecule has 2 aromatic rings. The summed E-state index contributed by atoms with van der Waals surface area (Å²) in [5.41, 5.74) is 0.795. The van der Waals surface area contributed by atoms with Gasteiger partial charge in [-0.05, 0) is 25.1 Å². The molecule has 0 radical (unpaired) electrons. The Balaban J connectivity index is 2.40. The molecule has 0 amide bonds. The standard InChI is InChI=1S/C15H14O6/c1-8-14(11(16)7-12(17)15(18)20-3)10-6-9(19-2)4-5-13(10)21-8/h4-6H,7H2,1-3H3. The summed E-state index contributed by atoms with van der Waals surface area (Å²) in [5.74, 6) is -1.46. The third kappa shape index (κ3) is 2.79. The van der Waals surface area contributed by atoms with Crippen LogP contribution in [-0.4, -0.2) is 31.8 Å². The highest BCUT2D eigenvalue weighted by Crippen LogP contribution is 2.29. The van der Waals surface area contributed by atoms with Gasteiger partial charge in [-0.1, -0.05) is 0 Å². The van der Waals surface area contributed by atoms with E-state index in [0.717, 1.165) is 7.11 Å². The van der Waals surface area contributed by atoms with Crippen LogP contribution in [0.1, 0.15) is 22.5 Å². The molecule has 0 fully saturated rings. The Hall–Kier alpha value is -2.63. The summed E-state index contributed by atoms with van der Waals surface area (Å²) in [6.07, 6.45) is -0.556. The predicted molar refractivity (Wildman–Crippen MR) is 73.5 cm³/mol. The molecule has 1 aromatic heterocycles. The molecule has 0 aliphatic rings. The molecule has 110 valence electrons. The number of aryl methyl sites for hydroxylation is 1. The minimum absolute atomic E-state index is 0.279. The molecule has 6 heteroatoms. The quantitative estimate of drug-likeness (QED) is 0.363. The van der Waals surface area contributed by atoms with E-state index in [-0.39, 0.29) is 5.56 Å². The highest BCUT2D eigenvalue weighted by atomic mass is 16.5. The molecule has 0 aliphatic carbocycles. The lowest BCUT2D eigenvalue weighted by Crippen LogP contribution is -2.19. The molecule has 0 atom stereocenters. The molecule has 21 heavy (non-hydrogen) atoms.